The van der Waals surface area contributed by atoms with Crippen LogP contribution in [0.3, 0.4) is 0 Å². The fourth-order valence-electron chi connectivity index (χ4n) is 10.3. The van der Waals surface area contributed by atoms with E-state index in [-0.39, 0.29) is 31.6 Å². The number of Topliss-reactive ketones (excluding diaryl/α,β-unsaturated/α-hetero) is 1. The van der Waals surface area contributed by atoms with Crippen molar-refractivity contribution in [1.29, 1.82) is 0 Å². The maximum absolute atomic E-state index is 14.2. The number of hydrogen-bond donors (Lipinski definition) is 4. The number of aliphatic hydroxyl groups is 2. The predicted molar refractivity (Wildman–Crippen MR) is 194 cm³/mol. The van der Waals surface area contributed by atoms with Crippen molar-refractivity contribution < 1.29 is 62.7 Å². The third kappa shape index (κ3) is 7.43. The second-order valence-corrected chi connectivity index (χ2v) is 17.5. The topological polar surface area (TPSA) is 227 Å². The molecule has 15 heteroatoms. The van der Waals surface area contributed by atoms with Crippen LogP contribution in [0, 0.1) is 28.6 Å². The fraction of sp³-hybridized carbons (Fsp3) is 0.750. The number of carbonyl (C=O) groups excluding carboxylic acids is 6. The lowest BCUT2D eigenvalue weighted by Gasteiger charge is -2.67. The summed E-state index contributed by atoms with van der Waals surface area (Å²) in [7, 11) is 0. The molecule has 0 aromatic rings. The minimum absolute atomic E-state index is 0.0579. The molecule has 5 N–H and O–H groups in total. The first kappa shape index (κ1) is 42.3. The number of unbranched alkanes of at least 4 members (excludes halogenated alkanes) is 5. The quantitative estimate of drug-likeness (QED) is 0.0911. The Labute approximate surface area is 322 Å². The number of ketones is 1. The number of ether oxygens (including phenoxy) is 5. The van der Waals surface area contributed by atoms with Gasteiger partial charge in [0.05, 0.1) is 18.6 Å². The van der Waals surface area contributed by atoms with Crippen LogP contribution >= 0.6 is 0 Å². The highest BCUT2D eigenvalue weighted by Gasteiger charge is 2.84. The van der Waals surface area contributed by atoms with Crippen molar-refractivity contribution in [2.45, 2.75) is 155 Å². The van der Waals surface area contributed by atoms with Gasteiger partial charge in [-0.2, -0.15) is 0 Å². The van der Waals surface area contributed by atoms with Crippen molar-refractivity contribution >= 4 is 35.7 Å². The molecule has 5 aliphatic rings. The van der Waals surface area contributed by atoms with Crippen molar-refractivity contribution in [1.82, 2.24) is 5.32 Å². The fourth-order valence-corrected chi connectivity index (χ4v) is 10.3. The Morgan fingerprint density at radius 1 is 1.05 bits per heavy atom. The van der Waals surface area contributed by atoms with Gasteiger partial charge in [-0.3, -0.25) is 9.59 Å². The second kappa shape index (κ2) is 15.6. The highest BCUT2D eigenvalue weighted by molar-refractivity contribution is 5.99. The van der Waals surface area contributed by atoms with Crippen molar-refractivity contribution in [2.75, 3.05) is 6.61 Å². The summed E-state index contributed by atoms with van der Waals surface area (Å²) in [6, 6.07) is -1.11. The van der Waals surface area contributed by atoms with Crippen molar-refractivity contribution in [3.63, 3.8) is 0 Å². The molecule has 2 bridgehead atoms. The summed E-state index contributed by atoms with van der Waals surface area (Å²) in [6.45, 7) is 13.6. The molecule has 15 nitrogen and oxygen atoms in total. The van der Waals surface area contributed by atoms with Crippen molar-refractivity contribution in [2.24, 2.45) is 34.3 Å². The molecule has 55 heavy (non-hydrogen) atoms. The van der Waals surface area contributed by atoms with E-state index in [9.17, 15) is 39.0 Å². The number of fused-ring (bicyclic) bond motifs is 2. The van der Waals surface area contributed by atoms with Crippen LogP contribution in [0.15, 0.2) is 23.0 Å². The monoisotopic (exact) mass is 774 g/mol. The number of allylic oxidation sites excluding steroid dienone is 3. The molecule has 2 heterocycles. The Morgan fingerprint density at radius 3 is 2.33 bits per heavy atom. The van der Waals surface area contributed by atoms with Crippen LogP contribution in [0.1, 0.15) is 113 Å². The molecule has 0 aromatic carbocycles. The SMILES string of the molecule is CCCCCCCCC(NC(=O)OC(C)(C)C)C(=O)OC1=C(C)[C@@H]2C[C@H]3OC(=O)[C@H](OC(=O)C=C(C)C)[C@H]4[C@]5(C(N)=O)OC[C@]34[C@H]([C@@H](O)[C@@H]5O)[C@@]2(C)CC1=O. The van der Waals surface area contributed by atoms with E-state index in [1.54, 1.807) is 48.5 Å². The summed E-state index contributed by atoms with van der Waals surface area (Å²) < 4.78 is 29.0. The molecule has 0 radical (unpaired) electrons. The van der Waals surface area contributed by atoms with Gasteiger partial charge in [-0.15, -0.1) is 0 Å². The summed E-state index contributed by atoms with van der Waals surface area (Å²) in [5, 5.41) is 26.4. The minimum atomic E-state index is -2.32. The predicted octanol–water partition coefficient (Wildman–Crippen LogP) is 3.46. The number of alkyl carbamates (subject to hydrolysis) is 1. The Bertz CT molecular complexity index is 1640. The largest absolute Gasteiger partial charge is 0.459 e. The van der Waals surface area contributed by atoms with Gasteiger partial charge in [-0.25, -0.2) is 19.2 Å². The van der Waals surface area contributed by atoms with Crippen LogP contribution in [0.5, 0.6) is 0 Å². The Hall–Kier alpha value is -3.82. The molecule has 2 aliphatic heterocycles. The third-order valence-electron chi connectivity index (χ3n) is 12.4. The van der Waals surface area contributed by atoms with Crippen LogP contribution in [0.25, 0.3) is 0 Å². The number of amides is 2. The molecule has 3 aliphatic carbocycles. The van der Waals surface area contributed by atoms with Gasteiger partial charge in [0.25, 0.3) is 5.91 Å². The van der Waals surface area contributed by atoms with Crippen LogP contribution < -0.4 is 11.1 Å². The summed E-state index contributed by atoms with van der Waals surface area (Å²) >= 11 is 0. The number of esters is 3. The first-order valence-corrected chi connectivity index (χ1v) is 19.5. The molecular formula is C40H58N2O13. The molecule has 306 valence electrons. The summed E-state index contributed by atoms with van der Waals surface area (Å²) in [4.78, 5) is 80.8. The molecule has 4 fully saturated rings. The number of carbonyl (C=O) groups is 6. The lowest BCUT2D eigenvalue weighted by Crippen LogP contribution is -2.79. The maximum atomic E-state index is 14.2. The van der Waals surface area contributed by atoms with E-state index < -0.39 is 106 Å². The zero-order valence-electron chi connectivity index (χ0n) is 33.2. The van der Waals surface area contributed by atoms with E-state index in [0.29, 0.717) is 17.6 Å². The Balaban J connectivity index is 1.50. The molecule has 5 rings (SSSR count). The van der Waals surface area contributed by atoms with Gasteiger partial charge in [-0.05, 0) is 71.3 Å². The summed E-state index contributed by atoms with van der Waals surface area (Å²) in [5.41, 5.74) is 1.10. The molecule has 1 spiro atoms. The van der Waals surface area contributed by atoms with Gasteiger partial charge in [-0.1, -0.05) is 57.9 Å². The average molecular weight is 775 g/mol. The van der Waals surface area contributed by atoms with Gasteiger partial charge in [0.15, 0.2) is 17.1 Å². The smallest absolute Gasteiger partial charge is 0.408 e. The third-order valence-corrected chi connectivity index (χ3v) is 12.4. The molecular weight excluding hydrogens is 716 g/mol. The standard InChI is InChI=1S/C40H58N2O13/c1-9-10-11-12-13-14-15-23(42-36(50)55-37(5,6)7)33(47)54-28-21(4)22-17-25-39-19-51-40(35(41)49,32(46)27(45)30(39)38(22,8)18-24(28)43)31(39)29(34(48)52-25)53-26(44)16-20(2)3/h16,22-23,25,27,29-32,45-46H,9-15,17-19H2,1-8H3,(H2,41,49)(H,42,50)/t22-,23?,25+,27+,29+,30+,31+,32-,38-,39+,40-/m0/s1. The van der Waals surface area contributed by atoms with Crippen LogP contribution in [-0.4, -0.2) is 94.2 Å². The van der Waals surface area contributed by atoms with Crippen LogP contribution in [0.2, 0.25) is 0 Å². The highest BCUT2D eigenvalue weighted by atomic mass is 16.6. The Kier molecular flexibility index (Phi) is 12.0. The number of nitrogens with two attached hydrogens (primary N) is 1. The van der Waals surface area contributed by atoms with E-state index in [1.165, 1.54) is 6.08 Å². The van der Waals surface area contributed by atoms with Gasteiger partial charge in [0.1, 0.15) is 23.9 Å². The number of rotatable bonds is 13. The van der Waals surface area contributed by atoms with E-state index in [4.69, 9.17) is 29.4 Å². The zero-order chi connectivity index (χ0) is 40.8. The normalized spacial score (nSPS) is 35.4. The van der Waals surface area contributed by atoms with E-state index in [2.05, 4.69) is 12.2 Å². The van der Waals surface area contributed by atoms with Gasteiger partial charge < -0.3 is 44.9 Å². The maximum Gasteiger partial charge on any atom is 0.408 e. The molecule has 2 saturated heterocycles. The van der Waals surface area contributed by atoms with E-state index in [0.717, 1.165) is 32.1 Å². The lowest BCUT2D eigenvalue weighted by molar-refractivity contribution is -0.286. The first-order chi connectivity index (χ1) is 25.6. The van der Waals surface area contributed by atoms with Crippen molar-refractivity contribution in [3.05, 3.63) is 23.0 Å². The highest BCUT2D eigenvalue weighted by Crippen LogP contribution is 2.72. The van der Waals surface area contributed by atoms with Gasteiger partial charge in [0.2, 0.25) is 6.10 Å². The average Bonchev–Trinajstić information content (AvgIpc) is 3.37. The molecule has 2 saturated carbocycles. The van der Waals surface area contributed by atoms with E-state index in [1.807, 2.05) is 0 Å². The molecule has 0 aromatic heterocycles. The van der Waals surface area contributed by atoms with Crippen molar-refractivity contribution in [3.8, 4) is 0 Å². The van der Waals surface area contributed by atoms with E-state index >= 15 is 0 Å². The first-order valence-electron chi connectivity index (χ1n) is 19.5. The number of hydrogen-bond acceptors (Lipinski definition) is 13. The minimum Gasteiger partial charge on any atom is -0.459 e. The number of primary amides is 1. The van der Waals surface area contributed by atoms with Crippen LogP contribution in [0.4, 0.5) is 4.79 Å². The second-order valence-electron chi connectivity index (χ2n) is 17.5. The van der Waals surface area contributed by atoms with Crippen LogP contribution in [-0.2, 0) is 47.7 Å². The summed E-state index contributed by atoms with van der Waals surface area (Å²) in [5.74, 6) is -7.69. The molecule has 11 atom stereocenters. The molecule has 1 unspecified atom stereocenters. The van der Waals surface area contributed by atoms with Gasteiger partial charge >= 0.3 is 24.0 Å². The number of aliphatic hydroxyl groups excluding tert-OH is 2. The Morgan fingerprint density at radius 2 is 1.71 bits per heavy atom. The zero-order valence-corrected chi connectivity index (χ0v) is 33.2. The lowest BCUT2D eigenvalue weighted by atomic mass is 9.38. The number of nitrogens with one attached hydrogen (secondary N) is 1. The van der Waals surface area contributed by atoms with Gasteiger partial charge in [0, 0.05) is 23.8 Å². The molecule has 2 amide bonds. The summed E-state index contributed by atoms with van der Waals surface area (Å²) in [6.07, 6.45) is -0.415.